The second-order valence-electron chi connectivity index (χ2n) is 12.0. The molecule has 0 aromatic heterocycles. The Labute approximate surface area is 252 Å². The topological polar surface area (TPSA) is 96.0 Å². The van der Waals surface area contributed by atoms with Crippen LogP contribution in [0.4, 0.5) is 0 Å². The summed E-state index contributed by atoms with van der Waals surface area (Å²) in [4.78, 5) is 27.8. The first-order chi connectivity index (χ1) is 20.9. The number of hydrogen-bond donors (Lipinski definition) is 0. The van der Waals surface area contributed by atoms with E-state index in [2.05, 4.69) is 24.3 Å². The zero-order chi connectivity index (χ0) is 29.0. The zero-order valence-corrected chi connectivity index (χ0v) is 24.4. The highest BCUT2D eigenvalue weighted by Crippen LogP contribution is 2.60. The minimum Gasteiger partial charge on any atom is -0.458 e. The maximum atomic E-state index is 14.0. The van der Waals surface area contributed by atoms with Crippen molar-refractivity contribution < 1.29 is 31.7 Å². The summed E-state index contributed by atoms with van der Waals surface area (Å²) in [5.41, 5.74) is 4.76. The first kappa shape index (κ1) is 25.8. The van der Waals surface area contributed by atoms with Crippen molar-refractivity contribution in [3.63, 3.8) is 0 Å². The average molecular weight is 611 g/mol. The molecular formula is C34H26O7S2. The average Bonchev–Trinajstić information content (AvgIpc) is 3.64. The number of benzene rings is 4. The van der Waals surface area contributed by atoms with Gasteiger partial charge < -0.3 is 9.47 Å². The van der Waals surface area contributed by atoms with Gasteiger partial charge in [0.25, 0.3) is 10.1 Å². The summed E-state index contributed by atoms with van der Waals surface area (Å²) >= 11 is 1.37. The Kier molecular flexibility index (Phi) is 5.50. The number of thioether (sulfide) groups is 1. The third kappa shape index (κ3) is 3.62. The minimum absolute atomic E-state index is 0.0836. The van der Waals surface area contributed by atoms with Gasteiger partial charge in [0.1, 0.15) is 23.2 Å². The fourth-order valence-corrected chi connectivity index (χ4v) is 12.7. The number of fused-ring (bicyclic) bond motifs is 3. The smallest absolute Gasteiger partial charge is 0.317 e. The molecule has 3 heterocycles. The van der Waals surface area contributed by atoms with Crippen LogP contribution in [0.3, 0.4) is 0 Å². The van der Waals surface area contributed by atoms with Crippen molar-refractivity contribution in [2.75, 3.05) is 0 Å². The fraction of sp³-hybridized carbons (Fsp3) is 0.294. The lowest BCUT2D eigenvalue weighted by molar-refractivity contribution is -0.162. The quantitative estimate of drug-likeness (QED) is 0.178. The molecule has 0 saturated carbocycles. The third-order valence-corrected chi connectivity index (χ3v) is 13.7. The number of ether oxygens (including phenoxy) is 2. The van der Waals surface area contributed by atoms with Crippen LogP contribution in [0, 0.1) is 11.8 Å². The molecule has 3 fully saturated rings. The number of hydrogen-bond acceptors (Lipinski definition) is 8. The highest BCUT2D eigenvalue weighted by atomic mass is 32.2. The number of rotatable bonds is 4. The molecule has 4 bridgehead atoms. The van der Waals surface area contributed by atoms with E-state index < -0.39 is 55.9 Å². The Morgan fingerprint density at radius 1 is 0.767 bits per heavy atom. The van der Waals surface area contributed by atoms with E-state index in [0.29, 0.717) is 12.2 Å². The van der Waals surface area contributed by atoms with Crippen molar-refractivity contribution in [3.05, 3.63) is 113 Å². The SMILES string of the molecule is O=C(OC1C2OS(=O)(=O)C3C2SC1C3C(=O)Oc1cccc2ccccc12)C1CC2c3ccccc3C1c1ccccc12. The third-order valence-electron chi connectivity index (χ3n) is 9.99. The van der Waals surface area contributed by atoms with Crippen LogP contribution in [0.1, 0.15) is 40.5 Å². The van der Waals surface area contributed by atoms with Gasteiger partial charge in [-0.05, 0) is 40.1 Å². The summed E-state index contributed by atoms with van der Waals surface area (Å²) in [6.07, 6.45) is -1.06. The van der Waals surface area contributed by atoms with Crippen LogP contribution < -0.4 is 4.74 Å². The van der Waals surface area contributed by atoms with Gasteiger partial charge in [-0.1, -0.05) is 84.9 Å². The number of carbonyl (C=O) groups excluding carboxylic acids is 2. The molecular weight excluding hydrogens is 585 g/mol. The van der Waals surface area contributed by atoms with Gasteiger partial charge in [0.15, 0.2) is 0 Å². The first-order valence-corrected chi connectivity index (χ1v) is 17.0. The molecule has 216 valence electrons. The molecule has 4 aromatic carbocycles. The molecule has 3 aliphatic carbocycles. The lowest BCUT2D eigenvalue weighted by Gasteiger charge is -2.44. The highest BCUT2D eigenvalue weighted by molar-refractivity contribution is 8.03. The van der Waals surface area contributed by atoms with Crippen LogP contribution >= 0.6 is 11.8 Å². The Morgan fingerprint density at radius 2 is 1.42 bits per heavy atom. The van der Waals surface area contributed by atoms with Crippen LogP contribution in [0.15, 0.2) is 91.0 Å². The van der Waals surface area contributed by atoms with Crippen LogP contribution in [0.5, 0.6) is 5.75 Å². The Morgan fingerprint density at radius 3 is 2.16 bits per heavy atom. The van der Waals surface area contributed by atoms with E-state index in [1.54, 1.807) is 12.1 Å². The van der Waals surface area contributed by atoms with Gasteiger partial charge in [0, 0.05) is 17.2 Å². The van der Waals surface area contributed by atoms with E-state index in [1.807, 2.05) is 54.6 Å². The monoisotopic (exact) mass is 610 g/mol. The molecule has 7 unspecified atom stereocenters. The molecule has 0 radical (unpaired) electrons. The molecule has 9 heteroatoms. The van der Waals surface area contributed by atoms with E-state index in [0.717, 1.165) is 21.9 Å². The van der Waals surface area contributed by atoms with Crippen LogP contribution in [0.25, 0.3) is 10.8 Å². The molecule has 7 atom stereocenters. The summed E-state index contributed by atoms with van der Waals surface area (Å²) in [5, 5.41) is -0.447. The van der Waals surface area contributed by atoms with Gasteiger partial charge in [-0.15, -0.1) is 11.8 Å². The maximum absolute atomic E-state index is 14.0. The van der Waals surface area contributed by atoms with Gasteiger partial charge in [0.2, 0.25) is 0 Å². The molecule has 6 aliphatic rings. The molecule has 4 aromatic rings. The van der Waals surface area contributed by atoms with Crippen LogP contribution in [-0.2, 0) is 28.6 Å². The molecule has 3 saturated heterocycles. The first-order valence-electron chi connectivity index (χ1n) is 14.6. The zero-order valence-electron chi connectivity index (χ0n) is 22.7. The number of esters is 2. The molecule has 0 spiro atoms. The van der Waals surface area contributed by atoms with Gasteiger partial charge >= 0.3 is 11.9 Å². The molecule has 7 nitrogen and oxygen atoms in total. The summed E-state index contributed by atoms with van der Waals surface area (Å²) in [5.74, 6) is -2.15. The summed E-state index contributed by atoms with van der Waals surface area (Å²) in [7, 11) is -4.06. The second-order valence-corrected chi connectivity index (χ2v) is 15.1. The molecule has 43 heavy (non-hydrogen) atoms. The Hall–Kier alpha value is -3.66. The van der Waals surface area contributed by atoms with Crippen LogP contribution in [0.2, 0.25) is 0 Å². The van der Waals surface area contributed by atoms with Crippen molar-refractivity contribution >= 4 is 44.6 Å². The van der Waals surface area contributed by atoms with Gasteiger partial charge in [0.05, 0.1) is 22.3 Å². The Bertz CT molecular complexity index is 1900. The molecule has 3 aliphatic heterocycles. The molecule has 0 N–H and O–H groups in total. The molecule has 10 rings (SSSR count). The lowest BCUT2D eigenvalue weighted by atomic mass is 9.59. The van der Waals surface area contributed by atoms with E-state index in [4.69, 9.17) is 13.7 Å². The van der Waals surface area contributed by atoms with Crippen molar-refractivity contribution in [1.82, 2.24) is 0 Å². The summed E-state index contributed by atoms with van der Waals surface area (Å²) < 4.78 is 44.1. The lowest BCUT2D eigenvalue weighted by Crippen LogP contribution is -2.51. The fourth-order valence-electron chi connectivity index (χ4n) is 8.28. The van der Waals surface area contributed by atoms with Crippen molar-refractivity contribution in [2.24, 2.45) is 11.8 Å². The number of carbonyl (C=O) groups is 2. The largest absolute Gasteiger partial charge is 0.458 e. The van der Waals surface area contributed by atoms with E-state index in [1.165, 1.54) is 22.9 Å². The second kappa shape index (κ2) is 9.17. The predicted octanol–water partition coefficient (Wildman–Crippen LogP) is 5.17. The van der Waals surface area contributed by atoms with Gasteiger partial charge in [-0.25, -0.2) is 0 Å². The highest BCUT2D eigenvalue weighted by Gasteiger charge is 2.73. The summed E-state index contributed by atoms with van der Waals surface area (Å²) in [6, 6.07) is 29.5. The Balaban J connectivity index is 1.03. The van der Waals surface area contributed by atoms with E-state index in [-0.39, 0.29) is 17.8 Å². The van der Waals surface area contributed by atoms with Gasteiger partial charge in [-0.3, -0.25) is 13.8 Å². The minimum atomic E-state index is -4.06. The predicted molar refractivity (Wildman–Crippen MR) is 160 cm³/mol. The van der Waals surface area contributed by atoms with Crippen LogP contribution in [-0.4, -0.2) is 48.3 Å². The van der Waals surface area contributed by atoms with Crippen molar-refractivity contribution in [2.45, 2.75) is 46.2 Å². The molecule has 0 amide bonds. The van der Waals surface area contributed by atoms with Crippen molar-refractivity contribution in [3.8, 4) is 5.75 Å². The normalized spacial score (nSPS) is 33.6. The standard InChI is InChI=1S/C34H26O7S2/c35-33(24-16-23-19-11-3-5-13-21(19)26(24)22-14-6-4-12-20(22)23)40-28-29-31-32(43(37,38)41-29)27(30(28)42-31)34(36)39-25-15-7-9-17-8-1-2-10-18(17)25/h1-15,23-24,26-32H,16H2. The summed E-state index contributed by atoms with van der Waals surface area (Å²) in [6.45, 7) is 0. The van der Waals surface area contributed by atoms with E-state index in [9.17, 15) is 18.0 Å². The van der Waals surface area contributed by atoms with Gasteiger partial charge in [-0.2, -0.15) is 8.42 Å². The van der Waals surface area contributed by atoms with Crippen molar-refractivity contribution in [1.29, 1.82) is 0 Å². The van der Waals surface area contributed by atoms with E-state index >= 15 is 0 Å². The maximum Gasteiger partial charge on any atom is 0.317 e.